The fourth-order valence-electron chi connectivity index (χ4n) is 3.08. The van der Waals surface area contributed by atoms with Gasteiger partial charge in [0.05, 0.1) is 0 Å². The fourth-order valence-corrected chi connectivity index (χ4v) is 3.08. The molecule has 0 unspecified atom stereocenters. The third-order valence-electron chi connectivity index (χ3n) is 4.56. The summed E-state index contributed by atoms with van der Waals surface area (Å²) in [7, 11) is 0. The molecular weight excluding hydrogens is 330 g/mol. The topological polar surface area (TPSA) is 66.8 Å². The standard InChI is InChI=1S/C21H21NO4/c1-14(12-16-8-10-18(23)11-9-16)20(24)22-19(13-26-21(22)25)15(2)17-6-4-3-5-7-17/h3-11,14,19,23H,2,12-13H2,1H3/t14-,19+/m0/s1. The first-order valence-electron chi connectivity index (χ1n) is 8.49. The number of ether oxygens (including phenoxy) is 1. The molecule has 1 aliphatic heterocycles. The smallest absolute Gasteiger partial charge is 0.417 e. The Labute approximate surface area is 152 Å². The summed E-state index contributed by atoms with van der Waals surface area (Å²) in [6.07, 6.45) is -0.164. The normalized spacial score (nSPS) is 17.7. The zero-order chi connectivity index (χ0) is 18.7. The predicted octanol–water partition coefficient (Wildman–Crippen LogP) is 3.63. The first-order valence-corrected chi connectivity index (χ1v) is 8.49. The van der Waals surface area contributed by atoms with Crippen LogP contribution in [0.25, 0.3) is 5.57 Å². The van der Waals surface area contributed by atoms with E-state index in [-0.39, 0.29) is 18.3 Å². The summed E-state index contributed by atoms with van der Waals surface area (Å²) < 4.78 is 5.13. The maximum Gasteiger partial charge on any atom is 0.417 e. The van der Waals surface area contributed by atoms with Gasteiger partial charge in [-0.25, -0.2) is 9.69 Å². The van der Waals surface area contributed by atoms with Crippen molar-refractivity contribution in [1.82, 2.24) is 4.90 Å². The van der Waals surface area contributed by atoms with E-state index in [1.54, 1.807) is 31.2 Å². The van der Waals surface area contributed by atoms with E-state index >= 15 is 0 Å². The molecule has 1 saturated heterocycles. The number of benzene rings is 2. The van der Waals surface area contributed by atoms with Crippen LogP contribution in [0.4, 0.5) is 4.79 Å². The number of amides is 2. The lowest BCUT2D eigenvalue weighted by Gasteiger charge is -2.24. The molecule has 1 aliphatic rings. The molecule has 2 aromatic carbocycles. The molecule has 1 fully saturated rings. The molecule has 0 bridgehead atoms. The lowest BCUT2D eigenvalue weighted by molar-refractivity contribution is -0.132. The first kappa shape index (κ1) is 17.7. The molecule has 0 aliphatic carbocycles. The van der Waals surface area contributed by atoms with E-state index in [9.17, 15) is 14.7 Å². The van der Waals surface area contributed by atoms with Gasteiger partial charge < -0.3 is 9.84 Å². The highest BCUT2D eigenvalue weighted by Crippen LogP contribution is 2.28. The van der Waals surface area contributed by atoms with Crippen LogP contribution in [-0.2, 0) is 16.0 Å². The predicted molar refractivity (Wildman–Crippen MR) is 98.4 cm³/mol. The Kier molecular flexibility index (Phi) is 5.07. The summed E-state index contributed by atoms with van der Waals surface area (Å²) in [5, 5.41) is 9.37. The quantitative estimate of drug-likeness (QED) is 0.893. The molecule has 2 atom stereocenters. The zero-order valence-electron chi connectivity index (χ0n) is 14.6. The van der Waals surface area contributed by atoms with Crippen LogP contribution in [0.1, 0.15) is 18.1 Å². The second kappa shape index (κ2) is 7.44. The minimum absolute atomic E-state index is 0.115. The van der Waals surface area contributed by atoms with Gasteiger partial charge in [-0.2, -0.15) is 0 Å². The van der Waals surface area contributed by atoms with E-state index in [4.69, 9.17) is 4.74 Å². The molecule has 5 heteroatoms. The minimum Gasteiger partial charge on any atom is -0.508 e. The van der Waals surface area contributed by atoms with E-state index in [2.05, 4.69) is 6.58 Å². The summed E-state index contributed by atoms with van der Waals surface area (Å²) in [5.41, 5.74) is 2.47. The third kappa shape index (κ3) is 3.61. The Morgan fingerprint density at radius 2 is 1.88 bits per heavy atom. The van der Waals surface area contributed by atoms with Crippen molar-refractivity contribution < 1.29 is 19.4 Å². The highest BCUT2D eigenvalue weighted by Gasteiger charge is 2.41. The summed E-state index contributed by atoms with van der Waals surface area (Å²) in [6.45, 7) is 5.97. The van der Waals surface area contributed by atoms with Crippen LogP contribution < -0.4 is 0 Å². The Morgan fingerprint density at radius 1 is 1.23 bits per heavy atom. The third-order valence-corrected chi connectivity index (χ3v) is 4.56. The minimum atomic E-state index is -0.630. The number of cyclic esters (lactones) is 1. The summed E-state index contributed by atoms with van der Waals surface area (Å²) in [5.74, 6) is -0.519. The molecule has 1 heterocycles. The van der Waals surface area contributed by atoms with Crippen LogP contribution in [0.3, 0.4) is 0 Å². The van der Waals surface area contributed by atoms with Gasteiger partial charge in [0.1, 0.15) is 18.4 Å². The maximum atomic E-state index is 12.9. The van der Waals surface area contributed by atoms with Crippen molar-refractivity contribution in [3.8, 4) is 5.75 Å². The summed E-state index contributed by atoms with van der Waals surface area (Å²) >= 11 is 0. The number of nitrogens with zero attached hydrogens (tertiary/aromatic N) is 1. The second-order valence-electron chi connectivity index (χ2n) is 6.46. The number of rotatable bonds is 5. The van der Waals surface area contributed by atoms with Crippen LogP contribution >= 0.6 is 0 Å². The van der Waals surface area contributed by atoms with Crippen LogP contribution in [0.2, 0.25) is 0 Å². The Balaban J connectivity index is 1.76. The Hall–Kier alpha value is -3.08. The molecule has 2 aromatic rings. The highest BCUT2D eigenvalue weighted by molar-refractivity contribution is 5.97. The van der Waals surface area contributed by atoms with Crippen molar-refractivity contribution in [2.24, 2.45) is 5.92 Å². The van der Waals surface area contributed by atoms with E-state index < -0.39 is 18.1 Å². The van der Waals surface area contributed by atoms with Crippen molar-refractivity contribution >= 4 is 17.6 Å². The number of carbonyl (C=O) groups excluding carboxylic acids is 2. The van der Waals surface area contributed by atoms with Crippen molar-refractivity contribution in [3.05, 3.63) is 72.3 Å². The lowest BCUT2D eigenvalue weighted by Crippen LogP contribution is -2.42. The van der Waals surface area contributed by atoms with E-state index in [1.807, 2.05) is 30.3 Å². The number of phenolic OH excluding ortho intramolecular Hbond substituents is 1. The van der Waals surface area contributed by atoms with Crippen LogP contribution in [0.5, 0.6) is 5.75 Å². The molecule has 1 N–H and O–H groups in total. The van der Waals surface area contributed by atoms with Crippen molar-refractivity contribution in [3.63, 3.8) is 0 Å². The summed E-state index contributed by atoms with van der Waals surface area (Å²) in [4.78, 5) is 26.3. The molecule has 2 amide bonds. The second-order valence-corrected chi connectivity index (χ2v) is 6.46. The molecule has 0 aromatic heterocycles. The highest BCUT2D eigenvalue weighted by atomic mass is 16.6. The van der Waals surface area contributed by atoms with Crippen molar-refractivity contribution in [1.29, 1.82) is 0 Å². The number of phenols is 1. The molecule has 0 radical (unpaired) electrons. The number of hydrogen-bond donors (Lipinski definition) is 1. The molecule has 5 nitrogen and oxygen atoms in total. The van der Waals surface area contributed by atoms with Crippen LogP contribution in [0.15, 0.2) is 61.2 Å². The molecule has 26 heavy (non-hydrogen) atoms. The van der Waals surface area contributed by atoms with Gasteiger partial charge in [0.15, 0.2) is 0 Å². The molecular formula is C21H21NO4. The zero-order valence-corrected chi connectivity index (χ0v) is 14.6. The molecule has 134 valence electrons. The average molecular weight is 351 g/mol. The largest absolute Gasteiger partial charge is 0.508 e. The van der Waals surface area contributed by atoms with Crippen LogP contribution in [-0.4, -0.2) is 34.7 Å². The fraction of sp³-hybridized carbons (Fsp3) is 0.238. The van der Waals surface area contributed by atoms with Gasteiger partial charge in [0.2, 0.25) is 5.91 Å². The van der Waals surface area contributed by atoms with Gasteiger partial charge in [0.25, 0.3) is 0 Å². The maximum absolute atomic E-state index is 12.9. The summed E-state index contributed by atoms with van der Waals surface area (Å²) in [6, 6.07) is 15.7. The van der Waals surface area contributed by atoms with Gasteiger partial charge >= 0.3 is 6.09 Å². The van der Waals surface area contributed by atoms with E-state index in [0.29, 0.717) is 12.0 Å². The van der Waals surface area contributed by atoms with Gasteiger partial charge in [-0.15, -0.1) is 0 Å². The first-order chi connectivity index (χ1) is 12.5. The number of aromatic hydroxyl groups is 1. The van der Waals surface area contributed by atoms with Gasteiger partial charge in [-0.05, 0) is 35.3 Å². The average Bonchev–Trinajstić information content (AvgIpc) is 3.04. The van der Waals surface area contributed by atoms with Gasteiger partial charge in [-0.3, -0.25) is 4.79 Å². The molecule has 0 saturated carbocycles. The monoisotopic (exact) mass is 351 g/mol. The van der Waals surface area contributed by atoms with Gasteiger partial charge in [-0.1, -0.05) is 56.0 Å². The SMILES string of the molecule is C=C(c1ccccc1)[C@H]1COC(=O)N1C(=O)[C@@H](C)Cc1ccc(O)cc1. The van der Waals surface area contributed by atoms with E-state index in [1.165, 1.54) is 4.90 Å². The number of carbonyl (C=O) groups is 2. The van der Waals surface area contributed by atoms with Crippen molar-refractivity contribution in [2.75, 3.05) is 6.61 Å². The Morgan fingerprint density at radius 3 is 2.54 bits per heavy atom. The van der Waals surface area contributed by atoms with E-state index in [0.717, 1.165) is 11.1 Å². The number of hydrogen-bond acceptors (Lipinski definition) is 4. The number of imide groups is 1. The Bertz CT molecular complexity index is 814. The molecule has 0 spiro atoms. The molecule has 3 rings (SSSR count). The van der Waals surface area contributed by atoms with Crippen LogP contribution in [0, 0.1) is 5.92 Å². The lowest BCUT2D eigenvalue weighted by atomic mass is 9.96. The van der Waals surface area contributed by atoms with Gasteiger partial charge in [0, 0.05) is 5.92 Å². The van der Waals surface area contributed by atoms with Crippen molar-refractivity contribution in [2.45, 2.75) is 19.4 Å².